The maximum absolute atomic E-state index is 4.60. The molecule has 2 bridgehead atoms. The van der Waals surface area contributed by atoms with E-state index in [4.69, 9.17) is 0 Å². The van der Waals surface area contributed by atoms with Gasteiger partial charge in [-0.05, 0) is 19.3 Å². The van der Waals surface area contributed by atoms with Gasteiger partial charge in [-0.2, -0.15) is 5.10 Å². The van der Waals surface area contributed by atoms with Gasteiger partial charge in [-0.15, -0.1) is 0 Å². The molecule has 0 radical (unpaired) electrons. The lowest BCUT2D eigenvalue weighted by Gasteiger charge is -2.16. The Balaban J connectivity index is 1.81. The Hall–Kier alpha value is -0.900. The van der Waals surface area contributed by atoms with Crippen molar-refractivity contribution in [3.63, 3.8) is 0 Å². The summed E-state index contributed by atoms with van der Waals surface area (Å²) in [4.78, 5) is 4.60. The van der Waals surface area contributed by atoms with E-state index in [9.17, 15) is 0 Å². The summed E-state index contributed by atoms with van der Waals surface area (Å²) in [6, 6.07) is 1.37. The molecule has 2 N–H and O–H groups in total. The minimum Gasteiger partial charge on any atom is -0.310 e. The zero-order chi connectivity index (χ0) is 10.4. The summed E-state index contributed by atoms with van der Waals surface area (Å²) < 4.78 is 0. The lowest BCUT2D eigenvalue weighted by molar-refractivity contribution is 0.487. The number of fused-ring (bicyclic) bond motifs is 2. The molecular formula is C11H18N4. The van der Waals surface area contributed by atoms with Crippen molar-refractivity contribution in [1.82, 2.24) is 20.5 Å². The van der Waals surface area contributed by atoms with E-state index in [2.05, 4.69) is 34.3 Å². The van der Waals surface area contributed by atoms with Crippen LogP contribution in [0.25, 0.3) is 0 Å². The van der Waals surface area contributed by atoms with E-state index in [-0.39, 0.29) is 0 Å². The summed E-state index contributed by atoms with van der Waals surface area (Å²) in [5.74, 6) is 3.04. The van der Waals surface area contributed by atoms with Gasteiger partial charge < -0.3 is 5.32 Å². The first kappa shape index (κ1) is 9.33. The highest BCUT2D eigenvalue weighted by molar-refractivity contribution is 5.12. The molecule has 3 rings (SSSR count). The van der Waals surface area contributed by atoms with Gasteiger partial charge in [0.15, 0.2) is 5.82 Å². The number of nitrogens with one attached hydrogen (secondary N) is 2. The van der Waals surface area contributed by atoms with Crippen LogP contribution >= 0.6 is 0 Å². The third kappa shape index (κ3) is 1.47. The minimum atomic E-state index is 0.418. The fourth-order valence-electron chi connectivity index (χ4n) is 2.84. The molecule has 1 aromatic rings. The Morgan fingerprint density at radius 2 is 2.20 bits per heavy atom. The number of nitrogens with zero attached hydrogens (tertiary/aromatic N) is 2. The zero-order valence-electron chi connectivity index (χ0n) is 9.33. The normalized spacial score (nSPS) is 34.2. The number of hydrogen-bond donors (Lipinski definition) is 2. The van der Waals surface area contributed by atoms with Crippen molar-refractivity contribution in [3.05, 3.63) is 11.6 Å². The van der Waals surface area contributed by atoms with Crippen LogP contribution in [-0.4, -0.2) is 27.3 Å². The maximum Gasteiger partial charge on any atom is 0.153 e. The Kier molecular flexibility index (Phi) is 2.06. The molecule has 0 amide bonds. The standard InChI is InChI=1S/C11H18N4/c1-6(2)10-13-11(15-14-10)8-5-7-3-4-9(8)12-7/h6-9,12H,3-5H2,1-2H3,(H,13,14,15). The smallest absolute Gasteiger partial charge is 0.153 e. The zero-order valence-corrected chi connectivity index (χ0v) is 9.33. The predicted octanol–water partition coefficient (Wildman–Crippen LogP) is 1.54. The van der Waals surface area contributed by atoms with Gasteiger partial charge in [-0.25, -0.2) is 4.98 Å². The average Bonchev–Trinajstić information content (AvgIpc) is 2.93. The second-order valence-corrected chi connectivity index (χ2v) is 5.12. The highest BCUT2D eigenvalue weighted by Crippen LogP contribution is 2.38. The van der Waals surface area contributed by atoms with Crippen molar-refractivity contribution >= 4 is 0 Å². The molecule has 3 heterocycles. The molecular weight excluding hydrogens is 188 g/mol. The second-order valence-electron chi connectivity index (χ2n) is 5.12. The molecule has 2 aliphatic rings. The van der Waals surface area contributed by atoms with Crippen molar-refractivity contribution in [2.45, 2.75) is 57.0 Å². The van der Waals surface area contributed by atoms with E-state index >= 15 is 0 Å². The quantitative estimate of drug-likeness (QED) is 0.771. The molecule has 0 aromatic carbocycles. The highest BCUT2D eigenvalue weighted by atomic mass is 15.2. The first-order valence-corrected chi connectivity index (χ1v) is 5.92. The Morgan fingerprint density at radius 3 is 2.73 bits per heavy atom. The van der Waals surface area contributed by atoms with Crippen LogP contribution in [0.5, 0.6) is 0 Å². The maximum atomic E-state index is 4.60. The second kappa shape index (κ2) is 3.30. The van der Waals surface area contributed by atoms with Crippen LogP contribution in [0.15, 0.2) is 0 Å². The van der Waals surface area contributed by atoms with Gasteiger partial charge in [0.25, 0.3) is 0 Å². The number of hydrogen-bond acceptors (Lipinski definition) is 3. The van der Waals surface area contributed by atoms with Gasteiger partial charge in [0.1, 0.15) is 5.82 Å². The molecule has 2 aliphatic heterocycles. The van der Waals surface area contributed by atoms with Crippen molar-refractivity contribution in [3.8, 4) is 0 Å². The summed E-state index contributed by atoms with van der Waals surface area (Å²) in [5.41, 5.74) is 0. The first-order valence-electron chi connectivity index (χ1n) is 5.92. The lowest BCUT2D eigenvalue weighted by Crippen LogP contribution is -2.22. The van der Waals surface area contributed by atoms with Gasteiger partial charge in [0, 0.05) is 23.9 Å². The summed E-state index contributed by atoms with van der Waals surface area (Å²) in [7, 11) is 0. The molecule has 1 aromatic heterocycles. The molecule has 2 fully saturated rings. The van der Waals surface area contributed by atoms with Crippen LogP contribution < -0.4 is 5.32 Å². The number of aromatic amines is 1. The number of rotatable bonds is 2. The summed E-state index contributed by atoms with van der Waals surface area (Å²) >= 11 is 0. The van der Waals surface area contributed by atoms with Gasteiger partial charge in [0.05, 0.1) is 0 Å². The third-order valence-electron chi connectivity index (χ3n) is 3.69. The third-order valence-corrected chi connectivity index (χ3v) is 3.69. The molecule has 0 spiro atoms. The Bertz CT molecular complexity index is 357. The molecule has 2 saturated heterocycles. The van der Waals surface area contributed by atoms with Gasteiger partial charge in [-0.1, -0.05) is 13.8 Å². The molecule has 0 saturated carbocycles. The number of H-pyrrole nitrogens is 1. The van der Waals surface area contributed by atoms with Gasteiger partial charge in [-0.3, -0.25) is 5.10 Å². The summed E-state index contributed by atoms with van der Waals surface area (Å²) in [5, 5.41) is 11.0. The summed E-state index contributed by atoms with van der Waals surface area (Å²) in [6.45, 7) is 4.26. The minimum absolute atomic E-state index is 0.418. The van der Waals surface area contributed by atoms with Crippen LogP contribution in [0, 0.1) is 0 Å². The lowest BCUT2D eigenvalue weighted by atomic mass is 9.89. The Labute approximate surface area is 89.9 Å². The SMILES string of the molecule is CC(C)c1n[nH]c(C2CC3CCC2N3)n1. The summed E-state index contributed by atoms with van der Waals surface area (Å²) in [6.07, 6.45) is 3.87. The van der Waals surface area contributed by atoms with Crippen LogP contribution in [-0.2, 0) is 0 Å². The fourth-order valence-corrected chi connectivity index (χ4v) is 2.84. The van der Waals surface area contributed by atoms with Crippen molar-refractivity contribution < 1.29 is 0 Å². The van der Waals surface area contributed by atoms with Crippen LogP contribution in [0.4, 0.5) is 0 Å². The van der Waals surface area contributed by atoms with Crippen LogP contribution in [0.2, 0.25) is 0 Å². The molecule has 3 unspecified atom stereocenters. The Morgan fingerprint density at radius 1 is 1.33 bits per heavy atom. The van der Waals surface area contributed by atoms with Crippen LogP contribution in [0.3, 0.4) is 0 Å². The van der Waals surface area contributed by atoms with E-state index in [1.807, 2.05) is 0 Å². The molecule has 3 atom stereocenters. The average molecular weight is 206 g/mol. The monoisotopic (exact) mass is 206 g/mol. The topological polar surface area (TPSA) is 53.6 Å². The van der Waals surface area contributed by atoms with Gasteiger partial charge in [0.2, 0.25) is 0 Å². The predicted molar refractivity (Wildman–Crippen MR) is 57.8 cm³/mol. The molecule has 4 nitrogen and oxygen atoms in total. The highest BCUT2D eigenvalue weighted by Gasteiger charge is 2.41. The van der Waals surface area contributed by atoms with Crippen LogP contribution in [0.1, 0.15) is 56.6 Å². The van der Waals surface area contributed by atoms with Crippen molar-refractivity contribution in [2.75, 3.05) is 0 Å². The largest absolute Gasteiger partial charge is 0.310 e. The van der Waals surface area contributed by atoms with E-state index in [1.54, 1.807) is 0 Å². The van der Waals surface area contributed by atoms with E-state index in [0.717, 1.165) is 17.7 Å². The van der Waals surface area contributed by atoms with Crippen molar-refractivity contribution in [1.29, 1.82) is 0 Å². The molecule has 4 heteroatoms. The van der Waals surface area contributed by atoms with E-state index in [1.165, 1.54) is 19.3 Å². The molecule has 0 aliphatic carbocycles. The van der Waals surface area contributed by atoms with Crippen molar-refractivity contribution in [2.24, 2.45) is 0 Å². The molecule has 82 valence electrons. The first-order chi connectivity index (χ1) is 7.24. The van der Waals surface area contributed by atoms with E-state index in [0.29, 0.717) is 17.9 Å². The number of aromatic nitrogens is 3. The van der Waals surface area contributed by atoms with E-state index < -0.39 is 0 Å². The molecule has 15 heavy (non-hydrogen) atoms. The fraction of sp³-hybridized carbons (Fsp3) is 0.818. The van der Waals surface area contributed by atoms with Gasteiger partial charge >= 0.3 is 0 Å².